The second kappa shape index (κ2) is 9.75. The molecule has 0 radical (unpaired) electrons. The lowest BCUT2D eigenvalue weighted by Crippen LogP contribution is -2.37. The summed E-state index contributed by atoms with van der Waals surface area (Å²) in [5, 5.41) is 15.7. The first-order chi connectivity index (χ1) is 15.1. The van der Waals surface area contributed by atoms with Crippen LogP contribution in [0.25, 0.3) is 5.57 Å². The van der Waals surface area contributed by atoms with Crippen LogP contribution in [0.3, 0.4) is 0 Å². The molecule has 1 unspecified atom stereocenters. The molecule has 1 saturated heterocycles. The smallest absolute Gasteiger partial charge is 0.140 e. The van der Waals surface area contributed by atoms with Crippen molar-refractivity contribution in [1.82, 2.24) is 10.6 Å². The Morgan fingerprint density at radius 1 is 1.23 bits per heavy atom. The summed E-state index contributed by atoms with van der Waals surface area (Å²) in [7, 11) is 2.14. The van der Waals surface area contributed by atoms with E-state index in [2.05, 4.69) is 41.6 Å². The van der Waals surface area contributed by atoms with Gasteiger partial charge in [-0.25, -0.2) is 0 Å². The summed E-state index contributed by atoms with van der Waals surface area (Å²) in [6.45, 7) is 4.30. The first-order valence-electron chi connectivity index (χ1n) is 11.1. The SMILES string of the molecule is CC1CCc2c(ccc(/C(C=N)=C/NC3CCNCC3)c2Oc2cccc(Cl)c2)N1C. The van der Waals surface area contributed by atoms with Gasteiger partial charge in [-0.2, -0.15) is 0 Å². The van der Waals surface area contributed by atoms with Crippen LogP contribution in [0.4, 0.5) is 5.69 Å². The fourth-order valence-electron chi connectivity index (χ4n) is 4.36. The Kier molecular flexibility index (Phi) is 6.83. The summed E-state index contributed by atoms with van der Waals surface area (Å²) >= 11 is 6.21. The molecule has 0 aliphatic carbocycles. The first-order valence-corrected chi connectivity index (χ1v) is 11.4. The minimum atomic E-state index is 0.429. The molecule has 1 atom stereocenters. The number of fused-ring (bicyclic) bond motifs is 1. The van der Waals surface area contributed by atoms with Crippen molar-refractivity contribution in [2.24, 2.45) is 0 Å². The van der Waals surface area contributed by atoms with Crippen LogP contribution in [-0.4, -0.2) is 38.4 Å². The van der Waals surface area contributed by atoms with E-state index in [1.165, 1.54) is 17.5 Å². The summed E-state index contributed by atoms with van der Waals surface area (Å²) in [4.78, 5) is 2.31. The zero-order chi connectivity index (χ0) is 21.8. The molecule has 2 heterocycles. The number of ether oxygens (including phenoxy) is 1. The third-order valence-electron chi connectivity index (χ3n) is 6.39. The lowest BCUT2D eigenvalue weighted by molar-refractivity contribution is 0.420. The van der Waals surface area contributed by atoms with Crippen molar-refractivity contribution in [2.75, 3.05) is 25.0 Å². The van der Waals surface area contributed by atoms with Gasteiger partial charge in [-0.3, -0.25) is 0 Å². The molecule has 3 N–H and O–H groups in total. The molecule has 2 aliphatic rings. The van der Waals surface area contributed by atoms with E-state index in [-0.39, 0.29) is 0 Å². The van der Waals surface area contributed by atoms with E-state index in [0.717, 1.165) is 55.7 Å². The Bertz CT molecular complexity index is 968. The molecule has 2 aliphatic heterocycles. The first kappa shape index (κ1) is 21.7. The molecular formula is C25H31ClN4O. The van der Waals surface area contributed by atoms with Gasteiger partial charge in [0.2, 0.25) is 0 Å². The summed E-state index contributed by atoms with van der Waals surface area (Å²) < 4.78 is 6.45. The van der Waals surface area contributed by atoms with Gasteiger partial charge in [0.25, 0.3) is 0 Å². The fourth-order valence-corrected chi connectivity index (χ4v) is 4.54. The molecule has 0 aromatic heterocycles. The molecule has 2 aromatic rings. The van der Waals surface area contributed by atoms with E-state index in [9.17, 15) is 0 Å². The van der Waals surface area contributed by atoms with Gasteiger partial charge in [-0.05, 0) is 76.0 Å². The standard InChI is InChI=1S/C25H31ClN4O/c1-17-6-7-23-24(30(17)2)9-8-22(25(23)31-21-5-3-4-19(26)14-21)18(15-27)16-29-20-10-12-28-13-11-20/h3-5,8-9,14-17,20,27-29H,6-7,10-13H2,1-2H3/b18-16+,27-15?. The monoisotopic (exact) mass is 438 g/mol. The maximum atomic E-state index is 8.10. The average Bonchev–Trinajstić information content (AvgIpc) is 2.78. The summed E-state index contributed by atoms with van der Waals surface area (Å²) in [5.41, 5.74) is 4.13. The molecule has 0 bridgehead atoms. The van der Waals surface area contributed by atoms with Crippen molar-refractivity contribution in [3.05, 3.63) is 58.7 Å². The fraction of sp³-hybridized carbons (Fsp3) is 0.400. The zero-order valence-electron chi connectivity index (χ0n) is 18.2. The predicted octanol–water partition coefficient (Wildman–Crippen LogP) is 5.24. The van der Waals surface area contributed by atoms with E-state index >= 15 is 0 Å². The van der Waals surface area contributed by atoms with Crippen LogP contribution in [0.2, 0.25) is 5.02 Å². The lowest BCUT2D eigenvalue weighted by Gasteiger charge is -2.35. The van der Waals surface area contributed by atoms with Gasteiger partial charge >= 0.3 is 0 Å². The van der Waals surface area contributed by atoms with Gasteiger partial charge in [0.15, 0.2) is 0 Å². The highest BCUT2D eigenvalue weighted by Crippen LogP contribution is 2.42. The predicted molar refractivity (Wildman–Crippen MR) is 130 cm³/mol. The largest absolute Gasteiger partial charge is 0.456 e. The number of hydrogen-bond acceptors (Lipinski definition) is 5. The van der Waals surface area contributed by atoms with Crippen LogP contribution >= 0.6 is 11.6 Å². The summed E-state index contributed by atoms with van der Waals surface area (Å²) in [6, 6.07) is 12.6. The number of benzene rings is 2. The lowest BCUT2D eigenvalue weighted by atomic mass is 9.92. The minimum absolute atomic E-state index is 0.429. The number of rotatable bonds is 6. The number of nitrogens with one attached hydrogen (secondary N) is 3. The third-order valence-corrected chi connectivity index (χ3v) is 6.62. The molecule has 164 valence electrons. The van der Waals surface area contributed by atoms with Gasteiger partial charge in [0.1, 0.15) is 11.5 Å². The van der Waals surface area contributed by atoms with Crippen LogP contribution < -0.4 is 20.3 Å². The quantitative estimate of drug-likeness (QED) is 0.540. The maximum absolute atomic E-state index is 8.10. The van der Waals surface area contributed by atoms with E-state index < -0.39 is 0 Å². The molecule has 1 fully saturated rings. The second-order valence-electron chi connectivity index (χ2n) is 8.43. The molecule has 0 amide bonds. The zero-order valence-corrected chi connectivity index (χ0v) is 19.0. The van der Waals surface area contributed by atoms with Crippen LogP contribution in [0.1, 0.15) is 37.3 Å². The van der Waals surface area contributed by atoms with E-state index in [4.69, 9.17) is 21.7 Å². The number of hydrogen-bond donors (Lipinski definition) is 3. The van der Waals surface area contributed by atoms with E-state index in [1.807, 2.05) is 30.5 Å². The Balaban J connectivity index is 1.74. The Morgan fingerprint density at radius 3 is 2.77 bits per heavy atom. The molecule has 5 nitrogen and oxygen atoms in total. The van der Waals surface area contributed by atoms with Crippen molar-refractivity contribution in [3.8, 4) is 11.5 Å². The number of anilines is 1. The van der Waals surface area contributed by atoms with E-state index in [0.29, 0.717) is 22.9 Å². The van der Waals surface area contributed by atoms with Crippen molar-refractivity contribution in [1.29, 1.82) is 5.41 Å². The van der Waals surface area contributed by atoms with Crippen molar-refractivity contribution < 1.29 is 4.74 Å². The van der Waals surface area contributed by atoms with Crippen LogP contribution in [0, 0.1) is 5.41 Å². The molecule has 2 aromatic carbocycles. The Hall–Kier alpha value is -2.50. The molecule has 31 heavy (non-hydrogen) atoms. The Labute approximate surface area is 189 Å². The highest BCUT2D eigenvalue weighted by molar-refractivity contribution is 6.30. The highest BCUT2D eigenvalue weighted by Gasteiger charge is 2.26. The molecule has 0 spiro atoms. The number of nitrogens with zero attached hydrogens (tertiary/aromatic N) is 1. The molecule has 4 rings (SSSR count). The number of halogens is 1. The van der Waals surface area contributed by atoms with Crippen molar-refractivity contribution in [3.63, 3.8) is 0 Å². The minimum Gasteiger partial charge on any atom is -0.456 e. The van der Waals surface area contributed by atoms with Gasteiger partial charge < -0.3 is 25.7 Å². The molecular weight excluding hydrogens is 408 g/mol. The van der Waals surface area contributed by atoms with E-state index in [1.54, 1.807) is 0 Å². The number of piperidine rings is 1. The van der Waals surface area contributed by atoms with Gasteiger partial charge in [-0.15, -0.1) is 0 Å². The van der Waals surface area contributed by atoms with Gasteiger partial charge in [0.05, 0.1) is 0 Å². The Morgan fingerprint density at radius 2 is 2.03 bits per heavy atom. The second-order valence-corrected chi connectivity index (χ2v) is 8.87. The molecule has 0 saturated carbocycles. The average molecular weight is 439 g/mol. The van der Waals surface area contributed by atoms with Crippen LogP contribution in [-0.2, 0) is 6.42 Å². The van der Waals surface area contributed by atoms with Crippen LogP contribution in [0.5, 0.6) is 11.5 Å². The topological polar surface area (TPSA) is 60.4 Å². The highest BCUT2D eigenvalue weighted by atomic mass is 35.5. The van der Waals surface area contributed by atoms with Crippen molar-refractivity contribution >= 4 is 29.1 Å². The van der Waals surface area contributed by atoms with Crippen molar-refractivity contribution in [2.45, 2.75) is 44.7 Å². The molecule has 6 heteroatoms. The normalized spacial score (nSPS) is 19.6. The van der Waals surface area contributed by atoms with Gasteiger partial charge in [0, 0.05) is 59.0 Å². The van der Waals surface area contributed by atoms with Gasteiger partial charge in [-0.1, -0.05) is 17.7 Å². The summed E-state index contributed by atoms with van der Waals surface area (Å²) in [6.07, 6.45) is 7.56. The van der Waals surface area contributed by atoms with Crippen LogP contribution in [0.15, 0.2) is 42.6 Å². The number of allylic oxidation sites excluding steroid dienone is 1. The maximum Gasteiger partial charge on any atom is 0.140 e. The summed E-state index contributed by atoms with van der Waals surface area (Å²) in [5.74, 6) is 1.53. The third kappa shape index (κ3) is 4.89.